The average Bonchev–Trinajstić information content (AvgIpc) is 3.44. The van der Waals surface area contributed by atoms with E-state index in [1.165, 1.54) is 24.5 Å². The van der Waals surface area contributed by atoms with E-state index in [2.05, 4.69) is 29.3 Å². The van der Waals surface area contributed by atoms with Crippen molar-refractivity contribution < 1.29 is 8.78 Å². The lowest BCUT2D eigenvalue weighted by Gasteiger charge is -2.21. The first-order chi connectivity index (χ1) is 19.5. The summed E-state index contributed by atoms with van der Waals surface area (Å²) in [7, 11) is 0. The van der Waals surface area contributed by atoms with Crippen LogP contribution >= 0.6 is 0 Å². The molecule has 2 heterocycles. The van der Waals surface area contributed by atoms with E-state index in [0.717, 1.165) is 0 Å². The molecule has 2 aliphatic carbocycles. The van der Waals surface area contributed by atoms with Crippen molar-refractivity contribution in [3.05, 3.63) is 140 Å². The van der Waals surface area contributed by atoms with Gasteiger partial charge in [0.15, 0.2) is 0 Å². The normalized spacial score (nSPS) is 14.2. The molecule has 0 saturated heterocycles. The third-order valence-electron chi connectivity index (χ3n) is 6.31. The van der Waals surface area contributed by atoms with Gasteiger partial charge in [0.05, 0.1) is 36.2 Å². The van der Waals surface area contributed by atoms with Gasteiger partial charge in [-0.15, -0.1) is 0 Å². The summed E-state index contributed by atoms with van der Waals surface area (Å²) in [5.41, 5.74) is -3.03. The van der Waals surface area contributed by atoms with Crippen molar-refractivity contribution in [1.82, 2.24) is 9.97 Å². The van der Waals surface area contributed by atoms with Crippen LogP contribution in [-0.2, 0) is 0 Å². The van der Waals surface area contributed by atoms with Crippen LogP contribution < -0.4 is 0 Å². The Labute approximate surface area is 226 Å². The molecule has 0 N–H and O–H groups in total. The van der Waals surface area contributed by atoms with Crippen molar-refractivity contribution in [3.8, 4) is 34.7 Å². The Morgan fingerprint density at radius 1 is 0.700 bits per heavy atom. The molecule has 40 heavy (non-hydrogen) atoms. The second kappa shape index (κ2) is 9.63. The first-order valence-corrected chi connectivity index (χ1v) is 11.2. The molecule has 5 rings (SSSR count). The van der Waals surface area contributed by atoms with Gasteiger partial charge in [0.1, 0.15) is 36.4 Å². The molecule has 0 saturated carbocycles. The number of pyridine rings is 2. The summed E-state index contributed by atoms with van der Waals surface area (Å²) in [6.07, 6.45) is 2.81. The van der Waals surface area contributed by atoms with E-state index in [9.17, 15) is 10.5 Å². The largest absolute Gasteiger partial charge is 0.528 e. The Morgan fingerprint density at radius 3 is 1.73 bits per heavy atom. The molecule has 10 heteroatoms. The monoisotopic (exact) mass is 518 g/mol. The van der Waals surface area contributed by atoms with E-state index in [-0.39, 0.29) is 44.8 Å². The van der Waals surface area contributed by atoms with Crippen molar-refractivity contribution in [3.63, 3.8) is 0 Å². The number of halogens is 2. The summed E-state index contributed by atoms with van der Waals surface area (Å²) in [6, 6.07) is 12.8. The van der Waals surface area contributed by atoms with Gasteiger partial charge in [0.25, 0.3) is 5.70 Å². The molecule has 182 valence electrons. The van der Waals surface area contributed by atoms with E-state index in [1.807, 2.05) is 0 Å². The molecule has 0 radical (unpaired) electrons. The van der Waals surface area contributed by atoms with Crippen LogP contribution in [0, 0.1) is 49.0 Å². The maximum atomic E-state index is 16.1. The van der Waals surface area contributed by atoms with E-state index in [0.29, 0.717) is 0 Å². The predicted octanol–water partition coefficient (Wildman–Crippen LogP) is 7.26. The predicted molar refractivity (Wildman–Crippen MR) is 140 cm³/mol. The van der Waals surface area contributed by atoms with E-state index in [4.69, 9.17) is 26.3 Å². The van der Waals surface area contributed by atoms with E-state index >= 15 is 8.78 Å². The quantitative estimate of drug-likeness (QED) is 0.264. The van der Waals surface area contributed by atoms with Crippen LogP contribution in [0.4, 0.5) is 8.78 Å². The van der Waals surface area contributed by atoms with Gasteiger partial charge in [-0.25, -0.2) is 23.7 Å². The minimum atomic E-state index is -1.15. The van der Waals surface area contributed by atoms with Crippen LogP contribution in [0.1, 0.15) is 22.3 Å². The number of hydrogen-bond acceptors (Lipinski definition) is 4. The summed E-state index contributed by atoms with van der Waals surface area (Å²) >= 11 is 0. The molecule has 0 fully saturated rings. The zero-order valence-electron chi connectivity index (χ0n) is 20.0. The smallest absolute Gasteiger partial charge is 0.256 e. The first-order valence-electron chi connectivity index (χ1n) is 11.2. The second-order valence-corrected chi connectivity index (χ2v) is 8.12. The maximum absolute atomic E-state index is 16.1. The summed E-state index contributed by atoms with van der Waals surface area (Å²) in [6.45, 7) is 30.4. The van der Waals surface area contributed by atoms with Gasteiger partial charge in [-0.05, 0) is 35.4 Å². The van der Waals surface area contributed by atoms with Gasteiger partial charge < -0.3 is 0 Å². The average molecular weight is 518 g/mol. The Kier molecular flexibility index (Phi) is 6.00. The molecular weight excluding hydrogens is 510 g/mol. The lowest BCUT2D eigenvalue weighted by molar-refractivity contribution is 0.680. The second-order valence-electron chi connectivity index (χ2n) is 8.12. The minimum absolute atomic E-state index is 0.0142. The molecule has 0 unspecified atom stereocenters. The van der Waals surface area contributed by atoms with Crippen molar-refractivity contribution in [2.45, 2.75) is 0 Å². The highest BCUT2D eigenvalue weighted by molar-refractivity contribution is 6.19. The lowest BCUT2D eigenvalue weighted by atomic mass is 9.81. The summed E-state index contributed by atoms with van der Waals surface area (Å²) in [5.74, 6) is -2.99. The van der Waals surface area contributed by atoms with Crippen LogP contribution in [-0.4, -0.2) is 9.97 Å². The molecule has 0 spiro atoms. The van der Waals surface area contributed by atoms with Crippen molar-refractivity contribution in [2.75, 3.05) is 0 Å². The number of fused-ring (bicyclic) bond motifs is 2. The minimum Gasteiger partial charge on any atom is -0.256 e. The fourth-order valence-corrected chi connectivity index (χ4v) is 4.87. The number of benzene rings is 1. The summed E-state index contributed by atoms with van der Waals surface area (Å²) < 4.78 is 32.2. The number of aromatic nitrogens is 2. The summed E-state index contributed by atoms with van der Waals surface area (Å²) in [5, 5.41) is 19.8. The SMILES string of the molecule is [C-]#[N+]C([N+]#[C-])=C1C(F)=C([N+]#[C-])c2c1c(-c1ccccn1)c1c(c2-c2ccccn2)C(C#N)=C(F)/C1=C(\C#N)[N+]#[C-]. The highest BCUT2D eigenvalue weighted by Crippen LogP contribution is 2.60. The highest BCUT2D eigenvalue weighted by atomic mass is 19.1. The fourth-order valence-electron chi connectivity index (χ4n) is 4.87. The van der Waals surface area contributed by atoms with Gasteiger partial charge in [-0.3, -0.25) is 9.97 Å². The zero-order chi connectivity index (χ0) is 28.6. The maximum Gasteiger partial charge on any atom is 0.528 e. The molecule has 0 amide bonds. The van der Waals surface area contributed by atoms with Gasteiger partial charge in [0, 0.05) is 40.2 Å². The van der Waals surface area contributed by atoms with Crippen LogP contribution in [0.2, 0.25) is 0 Å². The number of nitrogens with zero attached hydrogens (tertiary/aromatic N) is 8. The van der Waals surface area contributed by atoms with Gasteiger partial charge in [-0.1, -0.05) is 12.1 Å². The van der Waals surface area contributed by atoms with Gasteiger partial charge in [0.2, 0.25) is 5.70 Å². The molecule has 0 bridgehead atoms. The molecule has 2 aromatic heterocycles. The van der Waals surface area contributed by atoms with E-state index < -0.39 is 45.6 Å². The summed E-state index contributed by atoms with van der Waals surface area (Å²) in [4.78, 5) is 21.6. The van der Waals surface area contributed by atoms with Gasteiger partial charge in [-0.2, -0.15) is 15.0 Å². The Balaban J connectivity index is 2.23. The number of rotatable bonds is 2. The zero-order valence-corrected chi connectivity index (χ0v) is 20.0. The standard InChI is InChI=1S/C30H8F2N8/c1-35-18(14-34)22-23-19(15(13-33)27(22)31)20(16-9-5-7-11-39-16)25-24(21(23)17-10-6-8-12-40-17)26(30(37-3)38-4)28(32)29(25)36-2/h5-12H/b22-18+. The highest BCUT2D eigenvalue weighted by Gasteiger charge is 2.45. The molecule has 1 aromatic carbocycles. The van der Waals surface area contributed by atoms with Crippen molar-refractivity contribution in [2.24, 2.45) is 0 Å². The number of hydrogen-bond donors (Lipinski definition) is 0. The molecule has 2 aliphatic rings. The lowest BCUT2D eigenvalue weighted by Crippen LogP contribution is -2.05. The van der Waals surface area contributed by atoms with Crippen molar-refractivity contribution in [1.29, 1.82) is 10.5 Å². The number of allylic oxidation sites excluding steroid dienone is 6. The number of nitriles is 2. The molecule has 0 aliphatic heterocycles. The van der Waals surface area contributed by atoms with Crippen LogP contribution in [0.3, 0.4) is 0 Å². The van der Waals surface area contributed by atoms with Gasteiger partial charge >= 0.3 is 5.82 Å². The van der Waals surface area contributed by atoms with Crippen molar-refractivity contribution >= 4 is 22.4 Å². The van der Waals surface area contributed by atoms with E-state index in [1.54, 1.807) is 36.4 Å². The Hall–Kier alpha value is -6.72. The fraction of sp³-hybridized carbons (Fsp3) is 0. The molecule has 0 atom stereocenters. The third kappa shape index (κ3) is 3.30. The first kappa shape index (κ1) is 25.0. The van der Waals surface area contributed by atoms with Crippen LogP contribution in [0.15, 0.2) is 72.0 Å². The third-order valence-corrected chi connectivity index (χ3v) is 6.31. The molecule has 3 aromatic rings. The van der Waals surface area contributed by atoms with Crippen LogP contribution in [0.25, 0.3) is 64.3 Å². The molecular formula is C30H8F2N8. The Bertz CT molecular complexity index is 1920. The molecule has 8 nitrogen and oxygen atoms in total. The Morgan fingerprint density at radius 2 is 1.27 bits per heavy atom. The topological polar surface area (TPSA) is 90.8 Å². The van der Waals surface area contributed by atoms with Crippen LogP contribution in [0.5, 0.6) is 0 Å².